The van der Waals surface area contributed by atoms with Crippen molar-refractivity contribution in [2.45, 2.75) is 6.92 Å². The van der Waals surface area contributed by atoms with Crippen molar-refractivity contribution in [3.05, 3.63) is 77.4 Å². The Morgan fingerprint density at radius 1 is 1.00 bits per heavy atom. The molecule has 7 heteroatoms. The summed E-state index contributed by atoms with van der Waals surface area (Å²) in [6.07, 6.45) is 1.66. The molecule has 29 heavy (non-hydrogen) atoms. The molecule has 1 aromatic carbocycles. The van der Waals surface area contributed by atoms with Crippen LogP contribution in [0.2, 0.25) is 0 Å². The maximum atomic E-state index is 13.0. The maximum absolute atomic E-state index is 13.0. The SMILES string of the molecule is COc1ccccc1-c1ncccc1C(=O)Nc1nc(-c2cccc(C)n2)cs1. The van der Waals surface area contributed by atoms with Crippen molar-refractivity contribution in [1.82, 2.24) is 15.0 Å². The summed E-state index contributed by atoms with van der Waals surface area (Å²) in [6.45, 7) is 1.93. The molecule has 0 atom stereocenters. The largest absolute Gasteiger partial charge is 0.496 e. The number of pyridine rings is 2. The van der Waals surface area contributed by atoms with Crippen LogP contribution in [0.1, 0.15) is 16.1 Å². The second-order valence-corrected chi connectivity index (χ2v) is 7.11. The van der Waals surface area contributed by atoms with E-state index in [9.17, 15) is 4.79 Å². The molecule has 0 saturated heterocycles. The van der Waals surface area contributed by atoms with Gasteiger partial charge in [-0.25, -0.2) is 4.98 Å². The summed E-state index contributed by atoms with van der Waals surface area (Å²) in [4.78, 5) is 26.4. The van der Waals surface area contributed by atoms with E-state index in [-0.39, 0.29) is 5.91 Å². The first-order valence-corrected chi connectivity index (χ1v) is 9.83. The first-order chi connectivity index (χ1) is 14.2. The number of rotatable bonds is 5. The molecule has 144 valence electrons. The van der Waals surface area contributed by atoms with E-state index >= 15 is 0 Å². The Kier molecular flexibility index (Phi) is 5.31. The predicted molar refractivity (Wildman–Crippen MR) is 114 cm³/mol. The van der Waals surface area contributed by atoms with Crippen molar-refractivity contribution in [3.63, 3.8) is 0 Å². The van der Waals surface area contributed by atoms with Gasteiger partial charge in [-0.2, -0.15) is 0 Å². The number of carbonyl (C=O) groups excluding carboxylic acids is 1. The highest BCUT2D eigenvalue weighted by atomic mass is 32.1. The number of nitrogens with zero attached hydrogens (tertiary/aromatic N) is 3. The second-order valence-electron chi connectivity index (χ2n) is 6.26. The number of methoxy groups -OCH3 is 1. The minimum Gasteiger partial charge on any atom is -0.496 e. The molecule has 0 aliphatic heterocycles. The van der Waals surface area contributed by atoms with Crippen LogP contribution in [-0.4, -0.2) is 28.0 Å². The summed E-state index contributed by atoms with van der Waals surface area (Å²) < 4.78 is 5.43. The van der Waals surface area contributed by atoms with Crippen LogP contribution >= 0.6 is 11.3 Å². The van der Waals surface area contributed by atoms with Crippen molar-refractivity contribution >= 4 is 22.4 Å². The van der Waals surface area contributed by atoms with Gasteiger partial charge >= 0.3 is 0 Å². The van der Waals surface area contributed by atoms with E-state index in [1.54, 1.807) is 25.4 Å². The zero-order chi connectivity index (χ0) is 20.2. The highest BCUT2D eigenvalue weighted by Gasteiger charge is 2.18. The molecular weight excluding hydrogens is 384 g/mol. The van der Waals surface area contributed by atoms with Gasteiger partial charge in [0.15, 0.2) is 5.13 Å². The third kappa shape index (κ3) is 4.00. The molecule has 4 rings (SSSR count). The van der Waals surface area contributed by atoms with Gasteiger partial charge in [-0.1, -0.05) is 18.2 Å². The lowest BCUT2D eigenvalue weighted by Gasteiger charge is -2.11. The zero-order valence-corrected chi connectivity index (χ0v) is 16.7. The topological polar surface area (TPSA) is 77.0 Å². The Morgan fingerprint density at radius 3 is 2.69 bits per heavy atom. The average molecular weight is 402 g/mol. The molecule has 1 N–H and O–H groups in total. The minimum absolute atomic E-state index is 0.280. The molecule has 0 spiro atoms. The van der Waals surface area contributed by atoms with E-state index in [1.165, 1.54) is 11.3 Å². The molecule has 6 nitrogen and oxygen atoms in total. The van der Waals surface area contributed by atoms with Crippen LogP contribution in [0.3, 0.4) is 0 Å². The van der Waals surface area contributed by atoms with Crippen LogP contribution in [-0.2, 0) is 0 Å². The normalized spacial score (nSPS) is 10.6. The van der Waals surface area contributed by atoms with E-state index in [1.807, 2.05) is 54.8 Å². The highest BCUT2D eigenvalue weighted by Crippen LogP contribution is 2.31. The van der Waals surface area contributed by atoms with E-state index in [0.717, 1.165) is 22.6 Å². The molecule has 4 aromatic rings. The summed E-state index contributed by atoms with van der Waals surface area (Å²) in [6, 6.07) is 16.7. The third-order valence-electron chi connectivity index (χ3n) is 4.29. The number of amides is 1. The Labute approximate surface area is 172 Å². The smallest absolute Gasteiger partial charge is 0.259 e. The fraction of sp³-hybridized carbons (Fsp3) is 0.0909. The van der Waals surface area contributed by atoms with Crippen molar-refractivity contribution in [1.29, 1.82) is 0 Å². The number of hydrogen-bond donors (Lipinski definition) is 1. The van der Waals surface area contributed by atoms with Crippen molar-refractivity contribution in [2.75, 3.05) is 12.4 Å². The molecule has 0 aliphatic rings. The number of aryl methyl sites for hydroxylation is 1. The monoisotopic (exact) mass is 402 g/mol. The Morgan fingerprint density at radius 2 is 1.86 bits per heavy atom. The van der Waals surface area contributed by atoms with Gasteiger partial charge in [-0.05, 0) is 43.3 Å². The number of anilines is 1. The predicted octanol–water partition coefficient (Wildman–Crippen LogP) is 4.84. The van der Waals surface area contributed by atoms with Gasteiger partial charge in [0.25, 0.3) is 5.91 Å². The molecular formula is C22H18N4O2S. The van der Waals surface area contributed by atoms with E-state index in [0.29, 0.717) is 22.1 Å². The fourth-order valence-corrected chi connectivity index (χ4v) is 3.64. The van der Waals surface area contributed by atoms with Crippen LogP contribution in [0.4, 0.5) is 5.13 Å². The summed E-state index contributed by atoms with van der Waals surface area (Å²) in [5.41, 5.74) is 4.17. The molecule has 3 heterocycles. The molecule has 0 fully saturated rings. The highest BCUT2D eigenvalue weighted by molar-refractivity contribution is 7.14. The number of benzene rings is 1. The molecule has 1 amide bonds. The standard InChI is InChI=1S/C22H18N4O2S/c1-14-7-5-10-17(24-14)18-13-29-22(25-18)26-21(27)16-9-6-12-23-20(16)15-8-3-4-11-19(15)28-2/h3-13H,1-2H3,(H,25,26,27). The molecule has 0 bridgehead atoms. The first-order valence-electron chi connectivity index (χ1n) is 8.95. The first kappa shape index (κ1) is 18.8. The van der Waals surface area contributed by atoms with E-state index < -0.39 is 0 Å². The van der Waals surface area contributed by atoms with Gasteiger partial charge in [0.1, 0.15) is 11.4 Å². The van der Waals surface area contributed by atoms with Gasteiger partial charge in [-0.3, -0.25) is 20.1 Å². The third-order valence-corrected chi connectivity index (χ3v) is 5.05. The van der Waals surface area contributed by atoms with Gasteiger partial charge in [0, 0.05) is 22.8 Å². The number of carbonyl (C=O) groups is 1. The number of para-hydroxylation sites is 1. The Balaban J connectivity index is 1.62. The van der Waals surface area contributed by atoms with Crippen LogP contribution < -0.4 is 10.1 Å². The number of thiazole rings is 1. The van der Waals surface area contributed by atoms with Crippen LogP contribution in [0.15, 0.2) is 66.2 Å². The minimum atomic E-state index is -0.280. The summed E-state index contributed by atoms with van der Waals surface area (Å²) in [5, 5.41) is 5.25. The molecule has 0 radical (unpaired) electrons. The molecule has 0 unspecified atom stereocenters. The number of nitrogens with one attached hydrogen (secondary N) is 1. The van der Waals surface area contributed by atoms with Gasteiger partial charge in [0.2, 0.25) is 0 Å². The zero-order valence-electron chi connectivity index (χ0n) is 15.9. The fourth-order valence-electron chi connectivity index (χ4n) is 2.94. The quantitative estimate of drug-likeness (QED) is 0.517. The van der Waals surface area contributed by atoms with Gasteiger partial charge in [-0.15, -0.1) is 11.3 Å². The lowest BCUT2D eigenvalue weighted by atomic mass is 10.0. The summed E-state index contributed by atoms with van der Waals surface area (Å²) in [7, 11) is 1.60. The summed E-state index contributed by atoms with van der Waals surface area (Å²) >= 11 is 1.35. The molecule has 3 aromatic heterocycles. The number of aromatic nitrogens is 3. The average Bonchev–Trinajstić information content (AvgIpc) is 3.22. The Bertz CT molecular complexity index is 1170. The van der Waals surface area contributed by atoms with Crippen molar-refractivity contribution < 1.29 is 9.53 Å². The molecule has 0 aliphatic carbocycles. The molecule has 0 saturated carbocycles. The van der Waals surface area contributed by atoms with Crippen molar-refractivity contribution in [3.8, 4) is 28.4 Å². The van der Waals surface area contributed by atoms with E-state index in [4.69, 9.17) is 4.74 Å². The maximum Gasteiger partial charge on any atom is 0.259 e. The lowest BCUT2D eigenvalue weighted by molar-refractivity contribution is 0.102. The van der Waals surface area contributed by atoms with Crippen LogP contribution in [0.5, 0.6) is 5.75 Å². The summed E-state index contributed by atoms with van der Waals surface area (Å²) in [5.74, 6) is 0.374. The number of ether oxygens (including phenoxy) is 1. The lowest BCUT2D eigenvalue weighted by Crippen LogP contribution is -2.13. The van der Waals surface area contributed by atoms with Gasteiger partial charge in [0.05, 0.1) is 24.1 Å². The number of hydrogen-bond acceptors (Lipinski definition) is 6. The second kappa shape index (κ2) is 8.20. The van der Waals surface area contributed by atoms with E-state index in [2.05, 4.69) is 20.3 Å². The van der Waals surface area contributed by atoms with Crippen molar-refractivity contribution in [2.24, 2.45) is 0 Å². The van der Waals surface area contributed by atoms with Crippen LogP contribution in [0, 0.1) is 6.92 Å². The van der Waals surface area contributed by atoms with Gasteiger partial charge < -0.3 is 4.74 Å². The Hall–Kier alpha value is -3.58. The van der Waals surface area contributed by atoms with Crippen LogP contribution in [0.25, 0.3) is 22.6 Å².